The van der Waals surface area contributed by atoms with E-state index in [4.69, 9.17) is 9.47 Å². The molecule has 0 amide bonds. The Kier molecular flexibility index (Phi) is 4.75. The number of benzene rings is 2. The number of methoxy groups -OCH3 is 2. The number of nitrogens with zero attached hydrogens (tertiary/aromatic N) is 1. The van der Waals surface area contributed by atoms with Crippen LogP contribution < -0.4 is 4.57 Å². The lowest BCUT2D eigenvalue weighted by atomic mass is 10.0. The molecule has 2 aromatic carbocycles. The Morgan fingerprint density at radius 1 is 0.880 bits per heavy atom. The van der Waals surface area contributed by atoms with E-state index in [9.17, 15) is 9.59 Å². The molecule has 0 aliphatic rings. The molecule has 126 valence electrons. The van der Waals surface area contributed by atoms with E-state index >= 15 is 0 Å². The third kappa shape index (κ3) is 3.21. The van der Waals surface area contributed by atoms with Crippen LogP contribution in [0.4, 0.5) is 0 Å². The Balaban J connectivity index is 2.30. The minimum Gasteiger partial charge on any atom is -0.465 e. The Hall–Kier alpha value is -3.21. The second kappa shape index (κ2) is 7.13. The molecular formula is C20H18NO4+. The first-order chi connectivity index (χ1) is 12.2. The standard InChI is InChI=1S/C20H18NO4/c1-24-19(22)17-16-11-7-6-10-15(16)13-21(18(17)20(23)25-2)12-14-8-4-3-5-9-14/h3-11,13H,12H2,1-2H3/q+1. The van der Waals surface area contributed by atoms with Gasteiger partial charge in [0.05, 0.1) is 14.2 Å². The highest BCUT2D eigenvalue weighted by molar-refractivity contribution is 6.10. The predicted octanol–water partition coefficient (Wildman–Crippen LogP) is 2.75. The van der Waals surface area contributed by atoms with Gasteiger partial charge in [0.25, 0.3) is 0 Å². The average Bonchev–Trinajstić information content (AvgIpc) is 2.66. The molecule has 3 aromatic rings. The molecule has 1 aromatic heterocycles. The molecule has 25 heavy (non-hydrogen) atoms. The van der Waals surface area contributed by atoms with Crippen LogP contribution in [-0.2, 0) is 16.0 Å². The van der Waals surface area contributed by atoms with Crippen LogP contribution in [0.1, 0.15) is 26.4 Å². The molecule has 0 atom stereocenters. The number of aromatic nitrogens is 1. The lowest BCUT2D eigenvalue weighted by Gasteiger charge is -2.10. The molecule has 0 aliphatic carbocycles. The first-order valence-corrected chi connectivity index (χ1v) is 7.81. The van der Waals surface area contributed by atoms with E-state index in [2.05, 4.69) is 0 Å². The minimum absolute atomic E-state index is 0.178. The van der Waals surface area contributed by atoms with Crippen LogP contribution in [0.3, 0.4) is 0 Å². The van der Waals surface area contributed by atoms with Crippen LogP contribution in [-0.4, -0.2) is 26.2 Å². The summed E-state index contributed by atoms with van der Waals surface area (Å²) in [4.78, 5) is 24.9. The number of rotatable bonds is 4. The van der Waals surface area contributed by atoms with Gasteiger partial charge in [0, 0.05) is 16.3 Å². The first kappa shape index (κ1) is 16.6. The molecule has 5 heteroatoms. The molecule has 0 unspecified atom stereocenters. The lowest BCUT2D eigenvalue weighted by Crippen LogP contribution is -2.43. The third-order valence-corrected chi connectivity index (χ3v) is 4.01. The number of ether oxygens (including phenoxy) is 2. The maximum Gasteiger partial charge on any atom is 0.404 e. The van der Waals surface area contributed by atoms with Gasteiger partial charge in [-0.25, -0.2) is 9.59 Å². The highest BCUT2D eigenvalue weighted by Crippen LogP contribution is 2.21. The maximum atomic E-state index is 12.5. The van der Waals surface area contributed by atoms with Crippen LogP contribution in [0.5, 0.6) is 0 Å². The normalized spacial score (nSPS) is 10.5. The Labute approximate surface area is 145 Å². The van der Waals surface area contributed by atoms with Crippen LogP contribution in [0, 0.1) is 0 Å². The van der Waals surface area contributed by atoms with Gasteiger partial charge in [-0.05, 0) is 6.07 Å². The van der Waals surface area contributed by atoms with Crippen LogP contribution in [0.25, 0.3) is 10.8 Å². The smallest absolute Gasteiger partial charge is 0.404 e. The Morgan fingerprint density at radius 2 is 1.52 bits per heavy atom. The van der Waals surface area contributed by atoms with Crippen molar-refractivity contribution in [3.05, 3.63) is 77.6 Å². The Morgan fingerprint density at radius 3 is 2.20 bits per heavy atom. The van der Waals surface area contributed by atoms with Crippen molar-refractivity contribution in [1.82, 2.24) is 0 Å². The number of carbonyl (C=O) groups is 2. The molecule has 0 fully saturated rings. The fourth-order valence-electron chi connectivity index (χ4n) is 2.87. The van der Waals surface area contributed by atoms with E-state index in [1.54, 1.807) is 10.6 Å². The molecule has 0 radical (unpaired) electrons. The summed E-state index contributed by atoms with van der Waals surface area (Å²) in [6.07, 6.45) is 1.85. The SMILES string of the molecule is COC(=O)c1c(C(=O)OC)[n+](Cc2ccccc2)cc2ccccc12. The monoisotopic (exact) mass is 336 g/mol. The molecule has 0 saturated carbocycles. The van der Waals surface area contributed by atoms with E-state index in [1.807, 2.05) is 54.7 Å². The zero-order valence-electron chi connectivity index (χ0n) is 14.1. The number of hydrogen-bond donors (Lipinski definition) is 0. The molecule has 0 aliphatic heterocycles. The van der Waals surface area contributed by atoms with Crippen molar-refractivity contribution in [3.8, 4) is 0 Å². The fraction of sp³-hybridized carbons (Fsp3) is 0.150. The second-order valence-electron chi connectivity index (χ2n) is 5.54. The van der Waals surface area contributed by atoms with E-state index in [0.717, 1.165) is 10.9 Å². The van der Waals surface area contributed by atoms with E-state index in [-0.39, 0.29) is 11.3 Å². The van der Waals surface area contributed by atoms with Crippen LogP contribution in [0.15, 0.2) is 60.8 Å². The van der Waals surface area contributed by atoms with Crippen LogP contribution >= 0.6 is 0 Å². The fourth-order valence-corrected chi connectivity index (χ4v) is 2.87. The third-order valence-electron chi connectivity index (χ3n) is 4.01. The average molecular weight is 336 g/mol. The maximum absolute atomic E-state index is 12.5. The summed E-state index contributed by atoms with van der Waals surface area (Å²) in [5, 5.41) is 1.49. The van der Waals surface area contributed by atoms with Crippen molar-refractivity contribution >= 4 is 22.7 Å². The van der Waals surface area contributed by atoms with Gasteiger partial charge in [0.2, 0.25) is 0 Å². The van der Waals surface area contributed by atoms with Gasteiger partial charge in [-0.1, -0.05) is 48.5 Å². The largest absolute Gasteiger partial charge is 0.465 e. The summed E-state index contributed by atoms with van der Waals surface area (Å²) in [5.41, 5.74) is 1.39. The zero-order valence-corrected chi connectivity index (χ0v) is 14.1. The van der Waals surface area contributed by atoms with Gasteiger partial charge >= 0.3 is 17.6 Å². The molecule has 5 nitrogen and oxygen atoms in total. The molecule has 0 N–H and O–H groups in total. The number of fused-ring (bicyclic) bond motifs is 1. The van der Waals surface area contributed by atoms with Gasteiger partial charge in [-0.2, -0.15) is 4.57 Å². The number of carbonyl (C=O) groups excluding carboxylic acids is 2. The van der Waals surface area contributed by atoms with Crippen molar-refractivity contribution in [2.75, 3.05) is 14.2 Å². The van der Waals surface area contributed by atoms with Gasteiger partial charge < -0.3 is 9.47 Å². The number of pyridine rings is 1. The van der Waals surface area contributed by atoms with E-state index in [1.165, 1.54) is 14.2 Å². The van der Waals surface area contributed by atoms with Crippen molar-refractivity contribution in [1.29, 1.82) is 0 Å². The molecule has 1 heterocycles. The van der Waals surface area contributed by atoms with Crippen molar-refractivity contribution in [2.24, 2.45) is 0 Å². The summed E-state index contributed by atoms with van der Waals surface area (Å²) in [5.74, 6) is -1.15. The summed E-state index contributed by atoms with van der Waals surface area (Å²) in [7, 11) is 2.60. The minimum atomic E-state index is -0.581. The number of hydrogen-bond acceptors (Lipinski definition) is 4. The second-order valence-corrected chi connectivity index (χ2v) is 5.54. The summed E-state index contributed by atoms with van der Waals surface area (Å²) < 4.78 is 11.6. The zero-order chi connectivity index (χ0) is 17.8. The summed E-state index contributed by atoms with van der Waals surface area (Å²) >= 11 is 0. The molecule has 0 bridgehead atoms. The summed E-state index contributed by atoms with van der Waals surface area (Å²) in [6, 6.07) is 17.1. The highest BCUT2D eigenvalue weighted by atomic mass is 16.5. The van der Waals surface area contributed by atoms with Gasteiger partial charge in [0.1, 0.15) is 5.56 Å². The van der Waals surface area contributed by atoms with Gasteiger partial charge in [0.15, 0.2) is 12.7 Å². The molecule has 3 rings (SSSR count). The topological polar surface area (TPSA) is 56.5 Å². The molecule has 0 saturated heterocycles. The first-order valence-electron chi connectivity index (χ1n) is 7.81. The van der Waals surface area contributed by atoms with Crippen molar-refractivity contribution in [2.45, 2.75) is 6.54 Å². The van der Waals surface area contributed by atoms with E-state index < -0.39 is 11.9 Å². The van der Waals surface area contributed by atoms with Crippen LogP contribution in [0.2, 0.25) is 0 Å². The number of esters is 2. The van der Waals surface area contributed by atoms with Crippen molar-refractivity contribution in [3.63, 3.8) is 0 Å². The summed E-state index contributed by atoms with van der Waals surface area (Å²) in [6.45, 7) is 0.431. The van der Waals surface area contributed by atoms with Gasteiger partial charge in [-0.15, -0.1) is 0 Å². The Bertz CT molecular complexity index is 935. The highest BCUT2D eigenvalue weighted by Gasteiger charge is 2.32. The van der Waals surface area contributed by atoms with E-state index in [0.29, 0.717) is 11.9 Å². The predicted molar refractivity (Wildman–Crippen MR) is 92.4 cm³/mol. The quantitative estimate of drug-likeness (QED) is 0.543. The molecule has 0 spiro atoms. The van der Waals surface area contributed by atoms with Crippen molar-refractivity contribution < 1.29 is 23.6 Å². The lowest BCUT2D eigenvalue weighted by molar-refractivity contribution is -0.689. The molecular weight excluding hydrogens is 318 g/mol. The van der Waals surface area contributed by atoms with Gasteiger partial charge in [-0.3, -0.25) is 0 Å².